The van der Waals surface area contributed by atoms with Crippen LogP contribution in [-0.4, -0.2) is 6.04 Å². The van der Waals surface area contributed by atoms with Crippen LogP contribution < -0.4 is 5.73 Å². The minimum absolute atomic E-state index is 0.165. The molecule has 0 radical (unpaired) electrons. The highest BCUT2D eigenvalue weighted by molar-refractivity contribution is 5.75. The van der Waals surface area contributed by atoms with Crippen LogP contribution in [0.15, 0.2) is 24.3 Å². The summed E-state index contributed by atoms with van der Waals surface area (Å²) in [5.74, 6) is 0.777. The lowest BCUT2D eigenvalue weighted by molar-refractivity contribution is 0.678. The maximum absolute atomic E-state index is 6.03. The predicted molar refractivity (Wildman–Crippen MR) is 63.7 cm³/mol. The highest BCUT2D eigenvalue weighted by Crippen LogP contribution is 2.44. The number of aryl methyl sites for hydroxylation is 1. The fourth-order valence-electron chi connectivity index (χ4n) is 3.08. The van der Waals surface area contributed by atoms with Crippen molar-refractivity contribution in [1.29, 1.82) is 0 Å². The summed E-state index contributed by atoms with van der Waals surface area (Å²) in [5.41, 5.74) is 12.0. The lowest BCUT2D eigenvalue weighted by Crippen LogP contribution is -2.20. The van der Waals surface area contributed by atoms with Crippen LogP contribution in [0.25, 0.3) is 5.57 Å². The van der Waals surface area contributed by atoms with Gasteiger partial charge in [0.25, 0.3) is 0 Å². The third-order valence-corrected chi connectivity index (χ3v) is 3.79. The summed E-state index contributed by atoms with van der Waals surface area (Å²) in [6, 6.07) is 6.87. The van der Waals surface area contributed by atoms with Crippen molar-refractivity contribution in [3.63, 3.8) is 0 Å². The Bertz CT molecular complexity index is 429. The van der Waals surface area contributed by atoms with Gasteiger partial charge in [-0.25, -0.2) is 0 Å². The van der Waals surface area contributed by atoms with Gasteiger partial charge >= 0.3 is 0 Å². The lowest BCUT2D eigenvalue weighted by atomic mass is 9.82. The van der Waals surface area contributed by atoms with Crippen molar-refractivity contribution in [2.75, 3.05) is 0 Å². The molecule has 0 aromatic heterocycles. The van der Waals surface area contributed by atoms with E-state index in [1.165, 1.54) is 30.4 Å². The third-order valence-electron chi connectivity index (χ3n) is 3.79. The largest absolute Gasteiger partial charge is 0.324 e. The molecule has 1 aromatic rings. The molecule has 2 N–H and O–H groups in total. The first kappa shape index (κ1) is 9.17. The van der Waals surface area contributed by atoms with Gasteiger partial charge in [0.1, 0.15) is 0 Å². The molecule has 2 aliphatic carbocycles. The number of nitrogens with two attached hydrogens (primary N) is 1. The standard InChI is InChI=1S/C14H17N/c1-9(15)12-8-7-11-6-5-10-3-2-4-13(12)14(10)11/h2-4,8-9,11H,5-7,15H2,1H3. The van der Waals surface area contributed by atoms with Gasteiger partial charge in [-0.3, -0.25) is 0 Å². The molecular weight excluding hydrogens is 182 g/mol. The molecule has 1 heteroatoms. The highest BCUT2D eigenvalue weighted by Gasteiger charge is 2.29. The lowest BCUT2D eigenvalue weighted by Gasteiger charge is -2.24. The van der Waals surface area contributed by atoms with Crippen molar-refractivity contribution in [3.05, 3.63) is 41.0 Å². The smallest absolute Gasteiger partial charge is 0.0268 e. The first-order valence-electron chi connectivity index (χ1n) is 5.85. The van der Waals surface area contributed by atoms with Crippen molar-refractivity contribution in [2.24, 2.45) is 5.73 Å². The Morgan fingerprint density at radius 3 is 3.07 bits per heavy atom. The van der Waals surface area contributed by atoms with E-state index in [1.807, 2.05) is 0 Å². The van der Waals surface area contributed by atoms with Crippen LogP contribution in [0.5, 0.6) is 0 Å². The summed E-state index contributed by atoms with van der Waals surface area (Å²) in [6.45, 7) is 2.08. The van der Waals surface area contributed by atoms with Crippen LogP contribution in [-0.2, 0) is 6.42 Å². The average Bonchev–Trinajstić information content (AvgIpc) is 2.64. The molecular formula is C14H17N. The Kier molecular flexibility index (Phi) is 1.96. The minimum atomic E-state index is 0.165. The average molecular weight is 199 g/mol. The van der Waals surface area contributed by atoms with Crippen LogP contribution in [0.2, 0.25) is 0 Å². The number of rotatable bonds is 1. The molecule has 0 aliphatic heterocycles. The van der Waals surface area contributed by atoms with Crippen molar-refractivity contribution >= 4 is 5.57 Å². The Morgan fingerprint density at radius 2 is 2.27 bits per heavy atom. The molecule has 3 rings (SSSR count). The van der Waals surface area contributed by atoms with Gasteiger partial charge in [0.05, 0.1) is 0 Å². The molecule has 2 atom stereocenters. The Balaban J connectivity index is 2.19. The van der Waals surface area contributed by atoms with Crippen molar-refractivity contribution in [1.82, 2.24) is 0 Å². The molecule has 0 heterocycles. The maximum Gasteiger partial charge on any atom is 0.0268 e. The monoisotopic (exact) mass is 199 g/mol. The molecule has 1 aromatic carbocycles. The van der Waals surface area contributed by atoms with E-state index in [0.29, 0.717) is 0 Å². The second kappa shape index (κ2) is 3.21. The first-order chi connectivity index (χ1) is 7.27. The second-order valence-electron chi connectivity index (χ2n) is 4.80. The van der Waals surface area contributed by atoms with E-state index < -0.39 is 0 Å². The van der Waals surface area contributed by atoms with Crippen molar-refractivity contribution in [3.8, 4) is 0 Å². The van der Waals surface area contributed by atoms with Crippen molar-refractivity contribution < 1.29 is 0 Å². The predicted octanol–water partition coefficient (Wildman–Crippen LogP) is 2.85. The summed E-state index contributed by atoms with van der Waals surface area (Å²) in [6.07, 6.45) is 6.14. The number of hydrogen-bond acceptors (Lipinski definition) is 1. The number of hydrogen-bond donors (Lipinski definition) is 1. The van der Waals surface area contributed by atoms with Gasteiger partial charge in [-0.1, -0.05) is 24.3 Å². The van der Waals surface area contributed by atoms with Gasteiger partial charge < -0.3 is 5.73 Å². The second-order valence-corrected chi connectivity index (χ2v) is 4.80. The first-order valence-corrected chi connectivity index (χ1v) is 5.85. The van der Waals surface area contributed by atoms with Crippen LogP contribution >= 0.6 is 0 Å². The van der Waals surface area contributed by atoms with E-state index in [0.717, 1.165) is 5.92 Å². The van der Waals surface area contributed by atoms with E-state index >= 15 is 0 Å². The summed E-state index contributed by atoms with van der Waals surface area (Å²) < 4.78 is 0. The molecule has 0 bridgehead atoms. The fourth-order valence-corrected chi connectivity index (χ4v) is 3.08. The third kappa shape index (κ3) is 1.26. The Hall–Kier alpha value is -1.08. The quantitative estimate of drug-likeness (QED) is 0.739. The van der Waals surface area contributed by atoms with Crippen LogP contribution in [0.3, 0.4) is 0 Å². The molecule has 2 unspecified atom stereocenters. The molecule has 0 amide bonds. The molecule has 78 valence electrons. The van der Waals surface area contributed by atoms with Gasteiger partial charge in [-0.15, -0.1) is 0 Å². The van der Waals surface area contributed by atoms with Gasteiger partial charge in [-0.2, -0.15) is 0 Å². The zero-order chi connectivity index (χ0) is 10.4. The molecule has 15 heavy (non-hydrogen) atoms. The Morgan fingerprint density at radius 1 is 1.40 bits per heavy atom. The SMILES string of the molecule is CC(N)C1=CCC2CCc3cccc1c32. The van der Waals surface area contributed by atoms with Gasteiger partial charge in [0, 0.05) is 6.04 Å². The summed E-state index contributed by atoms with van der Waals surface area (Å²) in [7, 11) is 0. The van der Waals surface area contributed by atoms with Crippen molar-refractivity contribution in [2.45, 2.75) is 38.1 Å². The van der Waals surface area contributed by atoms with E-state index in [-0.39, 0.29) is 6.04 Å². The van der Waals surface area contributed by atoms with E-state index in [4.69, 9.17) is 5.73 Å². The highest BCUT2D eigenvalue weighted by atomic mass is 14.6. The molecule has 0 spiro atoms. The zero-order valence-corrected chi connectivity index (χ0v) is 9.16. The van der Waals surface area contributed by atoms with Gasteiger partial charge in [0.15, 0.2) is 0 Å². The van der Waals surface area contributed by atoms with E-state index in [1.54, 1.807) is 11.1 Å². The van der Waals surface area contributed by atoms with E-state index in [2.05, 4.69) is 31.2 Å². The molecule has 2 aliphatic rings. The van der Waals surface area contributed by atoms with Gasteiger partial charge in [0.2, 0.25) is 0 Å². The van der Waals surface area contributed by atoms with Gasteiger partial charge in [-0.05, 0) is 54.4 Å². The maximum atomic E-state index is 6.03. The molecule has 0 saturated carbocycles. The minimum Gasteiger partial charge on any atom is -0.324 e. The Labute approximate surface area is 91.0 Å². The topological polar surface area (TPSA) is 26.0 Å². The fraction of sp³-hybridized carbons (Fsp3) is 0.429. The summed E-state index contributed by atoms with van der Waals surface area (Å²) in [4.78, 5) is 0. The molecule has 1 nitrogen and oxygen atoms in total. The number of allylic oxidation sites excluding steroid dienone is 1. The van der Waals surface area contributed by atoms with Crippen LogP contribution in [0.1, 0.15) is 42.4 Å². The summed E-state index contributed by atoms with van der Waals surface area (Å²) >= 11 is 0. The normalized spacial score (nSPS) is 24.7. The zero-order valence-electron chi connectivity index (χ0n) is 9.16. The number of benzene rings is 1. The molecule has 0 saturated heterocycles. The van der Waals surface area contributed by atoms with Crippen LogP contribution in [0, 0.1) is 0 Å². The van der Waals surface area contributed by atoms with Crippen LogP contribution in [0.4, 0.5) is 0 Å². The summed E-state index contributed by atoms with van der Waals surface area (Å²) in [5, 5.41) is 0. The van der Waals surface area contributed by atoms with E-state index in [9.17, 15) is 0 Å². The molecule has 0 fully saturated rings.